The van der Waals surface area contributed by atoms with Gasteiger partial charge < -0.3 is 10.2 Å². The summed E-state index contributed by atoms with van der Waals surface area (Å²) in [7, 11) is 0. The Morgan fingerprint density at radius 1 is 1.16 bits per heavy atom. The Bertz CT molecular complexity index is 827. The molecule has 1 atom stereocenters. The first-order chi connectivity index (χ1) is 11.8. The van der Waals surface area contributed by atoms with Gasteiger partial charge in [-0.1, -0.05) is 23.7 Å². The van der Waals surface area contributed by atoms with Crippen LogP contribution in [0.3, 0.4) is 0 Å². The largest absolute Gasteiger partial charge is 0.325 e. The van der Waals surface area contributed by atoms with Gasteiger partial charge in [0.15, 0.2) is 0 Å². The van der Waals surface area contributed by atoms with E-state index in [2.05, 4.69) is 11.4 Å². The third kappa shape index (κ3) is 3.69. The van der Waals surface area contributed by atoms with Gasteiger partial charge in [-0.15, -0.1) is 0 Å². The highest BCUT2D eigenvalue weighted by atomic mass is 35.5. The van der Waals surface area contributed by atoms with Crippen molar-refractivity contribution in [2.45, 2.75) is 27.2 Å². The zero-order chi connectivity index (χ0) is 18.1. The fourth-order valence-corrected chi connectivity index (χ4v) is 3.39. The van der Waals surface area contributed by atoms with Gasteiger partial charge in [0.05, 0.1) is 5.92 Å². The fraction of sp³-hybridized carbons (Fsp3) is 0.300. The molecule has 130 valence electrons. The van der Waals surface area contributed by atoms with E-state index in [0.29, 0.717) is 17.3 Å². The molecule has 1 aliphatic rings. The van der Waals surface area contributed by atoms with Gasteiger partial charge in [-0.25, -0.2) is 0 Å². The molecule has 0 aromatic heterocycles. The van der Waals surface area contributed by atoms with E-state index in [4.69, 9.17) is 11.6 Å². The molecular weight excluding hydrogens is 336 g/mol. The normalized spacial score (nSPS) is 17.0. The van der Waals surface area contributed by atoms with Crippen LogP contribution >= 0.6 is 11.6 Å². The number of amides is 2. The maximum atomic E-state index is 12.6. The number of nitrogens with zero attached hydrogens (tertiary/aromatic N) is 1. The van der Waals surface area contributed by atoms with Crippen molar-refractivity contribution in [3.63, 3.8) is 0 Å². The smallest absolute Gasteiger partial charge is 0.229 e. The molecule has 25 heavy (non-hydrogen) atoms. The molecule has 0 spiro atoms. The number of nitrogens with one attached hydrogen (secondary N) is 1. The highest BCUT2D eigenvalue weighted by Crippen LogP contribution is 2.29. The quantitative estimate of drug-likeness (QED) is 0.893. The van der Waals surface area contributed by atoms with Crippen LogP contribution in [-0.4, -0.2) is 18.4 Å². The van der Waals surface area contributed by atoms with Crippen molar-refractivity contribution in [1.82, 2.24) is 0 Å². The predicted molar refractivity (Wildman–Crippen MR) is 101 cm³/mol. The molecule has 1 heterocycles. The molecule has 1 aliphatic heterocycles. The van der Waals surface area contributed by atoms with Crippen LogP contribution in [0.2, 0.25) is 5.02 Å². The van der Waals surface area contributed by atoms with E-state index in [1.54, 1.807) is 17.0 Å². The molecule has 2 aromatic carbocycles. The van der Waals surface area contributed by atoms with Crippen LogP contribution in [0.25, 0.3) is 0 Å². The van der Waals surface area contributed by atoms with Crippen molar-refractivity contribution in [2.24, 2.45) is 5.92 Å². The van der Waals surface area contributed by atoms with E-state index in [1.807, 2.05) is 39.0 Å². The second-order valence-electron chi connectivity index (χ2n) is 6.65. The molecule has 4 nitrogen and oxygen atoms in total. The lowest BCUT2D eigenvalue weighted by Gasteiger charge is -2.18. The summed E-state index contributed by atoms with van der Waals surface area (Å²) in [4.78, 5) is 26.7. The van der Waals surface area contributed by atoms with Crippen molar-refractivity contribution in [1.29, 1.82) is 0 Å². The molecule has 1 N–H and O–H groups in total. The van der Waals surface area contributed by atoms with E-state index >= 15 is 0 Å². The van der Waals surface area contributed by atoms with Gasteiger partial charge in [-0.3, -0.25) is 9.59 Å². The summed E-state index contributed by atoms with van der Waals surface area (Å²) in [6.07, 6.45) is 0.221. The first-order valence-electron chi connectivity index (χ1n) is 8.30. The fourth-order valence-electron chi connectivity index (χ4n) is 3.22. The van der Waals surface area contributed by atoms with Crippen molar-refractivity contribution < 1.29 is 9.59 Å². The summed E-state index contributed by atoms with van der Waals surface area (Å²) < 4.78 is 0. The number of anilines is 2. The summed E-state index contributed by atoms with van der Waals surface area (Å²) in [5, 5.41) is 3.51. The topological polar surface area (TPSA) is 49.4 Å². The molecule has 0 bridgehead atoms. The highest BCUT2D eigenvalue weighted by Gasteiger charge is 2.35. The minimum absolute atomic E-state index is 0.0204. The van der Waals surface area contributed by atoms with Crippen molar-refractivity contribution in [2.75, 3.05) is 16.8 Å². The summed E-state index contributed by atoms with van der Waals surface area (Å²) in [5.74, 6) is -0.537. The molecule has 1 unspecified atom stereocenters. The first-order valence-corrected chi connectivity index (χ1v) is 8.67. The van der Waals surface area contributed by atoms with E-state index < -0.39 is 0 Å². The van der Waals surface area contributed by atoms with E-state index in [1.165, 1.54) is 0 Å². The zero-order valence-electron chi connectivity index (χ0n) is 14.6. The van der Waals surface area contributed by atoms with Crippen molar-refractivity contribution in [3.8, 4) is 0 Å². The standard InChI is InChI=1S/C20H21ClN2O2/c1-12-7-13(2)9-16(8-12)23-11-15(10-19(23)24)20(25)22-18-6-4-5-17(21)14(18)3/h4-9,15H,10-11H2,1-3H3,(H,22,25). The van der Waals surface area contributed by atoms with Crippen LogP contribution < -0.4 is 10.2 Å². The molecule has 0 saturated carbocycles. The molecule has 5 heteroatoms. The number of rotatable bonds is 3. The minimum Gasteiger partial charge on any atom is -0.325 e. The Hall–Kier alpha value is -2.33. The molecule has 1 fully saturated rings. The van der Waals surface area contributed by atoms with Gasteiger partial charge in [0, 0.05) is 29.4 Å². The lowest BCUT2D eigenvalue weighted by Crippen LogP contribution is -2.28. The summed E-state index contributed by atoms with van der Waals surface area (Å²) in [6, 6.07) is 11.4. The van der Waals surface area contributed by atoms with Gasteiger partial charge >= 0.3 is 0 Å². The van der Waals surface area contributed by atoms with E-state index in [9.17, 15) is 9.59 Å². The Balaban J connectivity index is 1.75. The van der Waals surface area contributed by atoms with Crippen LogP contribution in [0, 0.1) is 26.7 Å². The molecule has 3 rings (SSSR count). The van der Waals surface area contributed by atoms with E-state index in [-0.39, 0.29) is 24.2 Å². The van der Waals surface area contributed by atoms with Gasteiger partial charge in [-0.05, 0) is 61.7 Å². The summed E-state index contributed by atoms with van der Waals surface area (Å²) in [5.41, 5.74) is 4.58. The summed E-state index contributed by atoms with van der Waals surface area (Å²) in [6.45, 7) is 6.26. The number of benzene rings is 2. The van der Waals surface area contributed by atoms with Crippen LogP contribution in [0.4, 0.5) is 11.4 Å². The van der Waals surface area contributed by atoms with Crippen molar-refractivity contribution in [3.05, 3.63) is 58.1 Å². The molecule has 0 aliphatic carbocycles. The Morgan fingerprint density at radius 3 is 2.52 bits per heavy atom. The first kappa shape index (κ1) is 17.5. The lowest BCUT2D eigenvalue weighted by molar-refractivity contribution is -0.122. The highest BCUT2D eigenvalue weighted by molar-refractivity contribution is 6.31. The Morgan fingerprint density at radius 2 is 1.84 bits per heavy atom. The molecule has 2 amide bonds. The predicted octanol–water partition coefficient (Wildman–Crippen LogP) is 4.26. The van der Waals surface area contributed by atoms with E-state index in [0.717, 1.165) is 22.4 Å². The number of hydrogen-bond acceptors (Lipinski definition) is 2. The number of hydrogen-bond donors (Lipinski definition) is 1. The number of aryl methyl sites for hydroxylation is 2. The molecular formula is C20H21ClN2O2. The van der Waals surface area contributed by atoms with Crippen LogP contribution in [0.1, 0.15) is 23.1 Å². The number of carbonyl (C=O) groups excluding carboxylic acids is 2. The number of halogens is 1. The third-order valence-corrected chi connectivity index (χ3v) is 4.95. The maximum absolute atomic E-state index is 12.6. The molecule has 0 radical (unpaired) electrons. The summed E-state index contributed by atoms with van der Waals surface area (Å²) >= 11 is 6.10. The van der Waals surface area contributed by atoms with Crippen LogP contribution in [0.5, 0.6) is 0 Å². The van der Waals surface area contributed by atoms with Crippen LogP contribution in [-0.2, 0) is 9.59 Å². The molecule has 1 saturated heterocycles. The average Bonchev–Trinajstić information content (AvgIpc) is 2.93. The maximum Gasteiger partial charge on any atom is 0.229 e. The Kier molecular flexibility index (Phi) is 4.82. The van der Waals surface area contributed by atoms with Crippen molar-refractivity contribution >= 4 is 34.8 Å². The lowest BCUT2D eigenvalue weighted by atomic mass is 10.1. The Labute approximate surface area is 152 Å². The molecule has 2 aromatic rings. The van der Waals surface area contributed by atoms with Gasteiger partial charge in [0.2, 0.25) is 11.8 Å². The zero-order valence-corrected chi connectivity index (χ0v) is 15.4. The van der Waals surface area contributed by atoms with Crippen LogP contribution in [0.15, 0.2) is 36.4 Å². The minimum atomic E-state index is -0.369. The second-order valence-corrected chi connectivity index (χ2v) is 7.06. The van der Waals surface area contributed by atoms with Gasteiger partial charge in [-0.2, -0.15) is 0 Å². The number of carbonyl (C=O) groups is 2. The monoisotopic (exact) mass is 356 g/mol. The van der Waals surface area contributed by atoms with Gasteiger partial charge in [0.1, 0.15) is 0 Å². The average molecular weight is 357 g/mol. The third-order valence-electron chi connectivity index (χ3n) is 4.54. The second kappa shape index (κ2) is 6.89. The SMILES string of the molecule is Cc1cc(C)cc(N2CC(C(=O)Nc3cccc(Cl)c3C)CC2=O)c1. The van der Waals surface area contributed by atoms with Gasteiger partial charge in [0.25, 0.3) is 0 Å².